The van der Waals surface area contributed by atoms with Crippen molar-refractivity contribution in [2.24, 2.45) is 0 Å². The fourth-order valence-electron chi connectivity index (χ4n) is 1.59. The normalized spacial score (nSPS) is 9.90. The van der Waals surface area contributed by atoms with E-state index in [9.17, 15) is 19.2 Å². The first-order valence-corrected chi connectivity index (χ1v) is 6.71. The molecule has 0 saturated heterocycles. The van der Waals surface area contributed by atoms with Crippen molar-refractivity contribution in [2.75, 3.05) is 14.2 Å². The lowest BCUT2D eigenvalue weighted by molar-refractivity contribution is -0.141. The smallest absolute Gasteiger partial charge is 0.305 e. The van der Waals surface area contributed by atoms with E-state index in [1.165, 1.54) is 14.2 Å². The summed E-state index contributed by atoms with van der Waals surface area (Å²) in [6, 6.07) is 0. The summed E-state index contributed by atoms with van der Waals surface area (Å²) in [6.07, 6.45) is 2.92. The zero-order valence-electron chi connectivity index (χ0n) is 12.1. The Labute approximate surface area is 118 Å². The summed E-state index contributed by atoms with van der Waals surface area (Å²) in [5.74, 6) is -1.45. The molecule has 0 atom stereocenters. The highest BCUT2D eigenvalue weighted by Gasteiger charge is 2.13. The number of Topliss-reactive ketones (excluding diaryl/α,β-unsaturated/α-hetero) is 2. The summed E-state index contributed by atoms with van der Waals surface area (Å²) in [5.41, 5.74) is 0. The molecule has 0 aromatic carbocycles. The van der Waals surface area contributed by atoms with E-state index in [1.54, 1.807) is 0 Å². The van der Waals surface area contributed by atoms with Crippen molar-refractivity contribution < 1.29 is 28.7 Å². The van der Waals surface area contributed by atoms with Gasteiger partial charge >= 0.3 is 11.9 Å². The number of hydrogen-bond donors (Lipinski definition) is 0. The lowest BCUT2D eigenvalue weighted by Crippen LogP contribution is -2.13. The van der Waals surface area contributed by atoms with Crippen molar-refractivity contribution in [1.82, 2.24) is 0 Å². The van der Waals surface area contributed by atoms with Crippen LogP contribution in [0.1, 0.15) is 51.4 Å². The molecule has 0 aliphatic heterocycles. The largest absolute Gasteiger partial charge is 0.469 e. The van der Waals surface area contributed by atoms with Crippen LogP contribution in [0.2, 0.25) is 0 Å². The van der Waals surface area contributed by atoms with Crippen LogP contribution in [-0.2, 0) is 28.7 Å². The van der Waals surface area contributed by atoms with Crippen LogP contribution in [0.5, 0.6) is 0 Å². The van der Waals surface area contributed by atoms with E-state index in [4.69, 9.17) is 0 Å². The van der Waals surface area contributed by atoms with Crippen LogP contribution in [0.4, 0.5) is 0 Å². The van der Waals surface area contributed by atoms with Gasteiger partial charge in [0.25, 0.3) is 0 Å². The molecule has 0 fully saturated rings. The summed E-state index contributed by atoms with van der Waals surface area (Å²) < 4.78 is 8.94. The quantitative estimate of drug-likeness (QED) is 0.326. The Kier molecular flexibility index (Phi) is 10.2. The van der Waals surface area contributed by atoms with Gasteiger partial charge in [0.1, 0.15) is 0 Å². The third-order valence-electron chi connectivity index (χ3n) is 2.84. The van der Waals surface area contributed by atoms with Gasteiger partial charge in [-0.25, -0.2) is 0 Å². The van der Waals surface area contributed by atoms with Gasteiger partial charge in [0.05, 0.1) is 14.2 Å². The molecular formula is C14H22O6. The molecule has 20 heavy (non-hydrogen) atoms. The number of hydrogen-bond acceptors (Lipinski definition) is 6. The Balaban J connectivity index is 3.64. The van der Waals surface area contributed by atoms with E-state index in [0.717, 1.165) is 0 Å². The van der Waals surface area contributed by atoms with Crippen molar-refractivity contribution in [2.45, 2.75) is 51.4 Å². The first kappa shape index (κ1) is 18.3. The second kappa shape index (κ2) is 11.1. The van der Waals surface area contributed by atoms with E-state index in [2.05, 4.69) is 9.47 Å². The standard InChI is InChI=1S/C14H22O6/c1-19-13(17)9-5-3-7-11(15)12(16)8-4-6-10-14(18)20-2/h3-10H2,1-2H3. The monoisotopic (exact) mass is 286 g/mol. The molecule has 0 bridgehead atoms. The predicted molar refractivity (Wildman–Crippen MR) is 71.0 cm³/mol. The van der Waals surface area contributed by atoms with Gasteiger partial charge in [-0.05, 0) is 25.7 Å². The summed E-state index contributed by atoms with van der Waals surface area (Å²) >= 11 is 0. The van der Waals surface area contributed by atoms with Gasteiger partial charge in [0.15, 0.2) is 11.6 Å². The molecule has 0 rings (SSSR count). The molecule has 114 valence electrons. The van der Waals surface area contributed by atoms with Crippen LogP contribution in [0.25, 0.3) is 0 Å². The molecule has 0 aliphatic carbocycles. The molecule has 0 saturated carbocycles. The summed E-state index contributed by atoms with van der Waals surface area (Å²) in [6.45, 7) is 0. The number of rotatable bonds is 11. The average Bonchev–Trinajstić information content (AvgIpc) is 2.46. The van der Waals surface area contributed by atoms with Crippen molar-refractivity contribution in [3.05, 3.63) is 0 Å². The van der Waals surface area contributed by atoms with Crippen molar-refractivity contribution >= 4 is 23.5 Å². The van der Waals surface area contributed by atoms with Crippen molar-refractivity contribution in [1.29, 1.82) is 0 Å². The van der Waals surface area contributed by atoms with Crippen LogP contribution in [0, 0.1) is 0 Å². The molecule has 6 heteroatoms. The van der Waals surface area contributed by atoms with Crippen molar-refractivity contribution in [3.8, 4) is 0 Å². The summed E-state index contributed by atoms with van der Waals surface area (Å²) in [4.78, 5) is 44.6. The zero-order chi connectivity index (χ0) is 15.4. The molecular weight excluding hydrogens is 264 g/mol. The molecule has 0 N–H and O–H groups in total. The van der Waals surface area contributed by atoms with Gasteiger partial charge in [-0.3, -0.25) is 19.2 Å². The van der Waals surface area contributed by atoms with E-state index >= 15 is 0 Å². The lowest BCUT2D eigenvalue weighted by atomic mass is 10.0. The topological polar surface area (TPSA) is 86.7 Å². The summed E-state index contributed by atoms with van der Waals surface area (Å²) in [7, 11) is 2.62. The molecule has 0 aromatic rings. The van der Waals surface area contributed by atoms with Gasteiger partial charge in [-0.15, -0.1) is 0 Å². The SMILES string of the molecule is COC(=O)CCCCC(=O)C(=O)CCCCC(=O)OC. The van der Waals surface area contributed by atoms with Crippen LogP contribution < -0.4 is 0 Å². The number of carbonyl (C=O) groups excluding carboxylic acids is 4. The predicted octanol–water partition coefficient (Wildman–Crippen LogP) is 1.59. The van der Waals surface area contributed by atoms with E-state index in [1.807, 2.05) is 0 Å². The number of esters is 2. The number of methoxy groups -OCH3 is 2. The van der Waals surface area contributed by atoms with Crippen LogP contribution in [0.15, 0.2) is 0 Å². The highest BCUT2D eigenvalue weighted by molar-refractivity contribution is 6.37. The Morgan fingerprint density at radius 2 is 0.900 bits per heavy atom. The fraction of sp³-hybridized carbons (Fsp3) is 0.714. The minimum absolute atomic E-state index is 0.160. The van der Waals surface area contributed by atoms with Gasteiger partial charge in [0, 0.05) is 25.7 Å². The molecule has 0 amide bonds. The zero-order valence-corrected chi connectivity index (χ0v) is 12.1. The fourth-order valence-corrected chi connectivity index (χ4v) is 1.59. The molecule has 0 heterocycles. The van der Waals surface area contributed by atoms with E-state index in [0.29, 0.717) is 25.7 Å². The van der Waals surface area contributed by atoms with Gasteiger partial charge < -0.3 is 9.47 Å². The molecule has 6 nitrogen and oxygen atoms in total. The first-order valence-electron chi connectivity index (χ1n) is 6.71. The van der Waals surface area contributed by atoms with Crippen LogP contribution in [0.3, 0.4) is 0 Å². The van der Waals surface area contributed by atoms with Crippen LogP contribution >= 0.6 is 0 Å². The minimum atomic E-state index is -0.409. The maximum Gasteiger partial charge on any atom is 0.305 e. The highest BCUT2D eigenvalue weighted by atomic mass is 16.5. The van der Waals surface area contributed by atoms with Gasteiger partial charge in [-0.2, -0.15) is 0 Å². The summed E-state index contributed by atoms with van der Waals surface area (Å²) in [5, 5.41) is 0. The molecule has 0 aromatic heterocycles. The number of ether oxygens (including phenoxy) is 2. The first-order chi connectivity index (χ1) is 9.51. The number of carbonyl (C=O) groups is 4. The van der Waals surface area contributed by atoms with E-state index in [-0.39, 0.29) is 37.6 Å². The second-order valence-corrected chi connectivity index (χ2v) is 4.41. The lowest BCUT2D eigenvalue weighted by Gasteiger charge is -2.01. The highest BCUT2D eigenvalue weighted by Crippen LogP contribution is 2.06. The van der Waals surface area contributed by atoms with Crippen molar-refractivity contribution in [3.63, 3.8) is 0 Å². The van der Waals surface area contributed by atoms with Gasteiger partial charge in [0.2, 0.25) is 0 Å². The average molecular weight is 286 g/mol. The Morgan fingerprint density at radius 3 is 1.20 bits per heavy atom. The minimum Gasteiger partial charge on any atom is -0.469 e. The Hall–Kier alpha value is -1.72. The maximum absolute atomic E-state index is 11.5. The molecule has 0 unspecified atom stereocenters. The number of unbranched alkanes of at least 4 members (excludes halogenated alkanes) is 2. The van der Waals surface area contributed by atoms with Gasteiger partial charge in [-0.1, -0.05) is 0 Å². The Morgan fingerprint density at radius 1 is 0.600 bits per heavy atom. The third kappa shape index (κ3) is 9.24. The molecule has 0 spiro atoms. The maximum atomic E-state index is 11.5. The molecule has 0 radical (unpaired) electrons. The van der Waals surface area contributed by atoms with Crippen LogP contribution in [-0.4, -0.2) is 37.7 Å². The second-order valence-electron chi connectivity index (χ2n) is 4.41. The number of ketones is 2. The molecule has 0 aliphatic rings. The Bertz CT molecular complexity index is 314. The van der Waals surface area contributed by atoms with E-state index < -0.39 is 11.6 Å². The third-order valence-corrected chi connectivity index (χ3v) is 2.84.